The summed E-state index contributed by atoms with van der Waals surface area (Å²) in [6.07, 6.45) is 1.16. The Hall–Kier alpha value is -1.36. The maximum absolute atomic E-state index is 8.76. The molecule has 3 rings (SSSR count). The van der Waals surface area contributed by atoms with Crippen LogP contribution in [-0.2, 0) is 13.0 Å². The second kappa shape index (κ2) is 6.60. The number of rotatable bonds is 5. The van der Waals surface area contributed by atoms with Gasteiger partial charge >= 0.3 is 0 Å². The summed E-state index contributed by atoms with van der Waals surface area (Å²) in [5.41, 5.74) is 2.80. The number of benzene rings is 1. The van der Waals surface area contributed by atoms with Gasteiger partial charge in [0.2, 0.25) is 0 Å². The number of nitrogens with zero attached hydrogens (tertiary/aromatic N) is 1. The molecule has 1 aliphatic heterocycles. The molecule has 112 valence electrons. The Labute approximate surface area is 129 Å². The van der Waals surface area contributed by atoms with Crippen molar-refractivity contribution in [3.05, 3.63) is 51.7 Å². The minimum Gasteiger partial charge on any atom is -0.491 e. The van der Waals surface area contributed by atoms with Gasteiger partial charge in [-0.15, -0.1) is 11.3 Å². The summed E-state index contributed by atoms with van der Waals surface area (Å²) < 4.78 is 5.40. The SMILES string of the molecule is C[C@@H]1c2ccsc2CCN1Cc1ccc(OCCO)cc1. The van der Waals surface area contributed by atoms with Crippen LogP contribution in [-0.4, -0.2) is 29.8 Å². The molecule has 2 heterocycles. The van der Waals surface area contributed by atoms with Gasteiger partial charge in [0.25, 0.3) is 0 Å². The van der Waals surface area contributed by atoms with Gasteiger partial charge in [-0.1, -0.05) is 12.1 Å². The van der Waals surface area contributed by atoms with E-state index in [0.29, 0.717) is 12.6 Å². The number of ether oxygens (including phenoxy) is 1. The molecule has 0 bridgehead atoms. The van der Waals surface area contributed by atoms with E-state index in [1.807, 2.05) is 23.5 Å². The smallest absolute Gasteiger partial charge is 0.119 e. The van der Waals surface area contributed by atoms with Crippen LogP contribution < -0.4 is 4.74 Å². The summed E-state index contributed by atoms with van der Waals surface area (Å²) in [6, 6.07) is 10.9. The summed E-state index contributed by atoms with van der Waals surface area (Å²) in [5.74, 6) is 0.819. The van der Waals surface area contributed by atoms with Gasteiger partial charge in [0, 0.05) is 24.0 Å². The maximum Gasteiger partial charge on any atom is 0.119 e. The summed E-state index contributed by atoms with van der Waals surface area (Å²) >= 11 is 1.88. The fraction of sp³-hybridized carbons (Fsp3) is 0.412. The third-order valence-corrected chi connectivity index (χ3v) is 5.07. The van der Waals surface area contributed by atoms with Crippen molar-refractivity contribution in [2.24, 2.45) is 0 Å². The quantitative estimate of drug-likeness (QED) is 0.920. The number of aliphatic hydroxyl groups excluding tert-OH is 1. The molecule has 0 radical (unpaired) electrons. The molecule has 0 saturated heterocycles. The second-order valence-corrected chi connectivity index (χ2v) is 6.41. The Kier molecular flexibility index (Phi) is 4.58. The van der Waals surface area contributed by atoms with E-state index in [0.717, 1.165) is 25.3 Å². The summed E-state index contributed by atoms with van der Waals surface area (Å²) in [6.45, 7) is 4.79. The van der Waals surface area contributed by atoms with Gasteiger partial charge in [0.1, 0.15) is 12.4 Å². The zero-order chi connectivity index (χ0) is 14.7. The molecule has 1 aromatic carbocycles. The highest BCUT2D eigenvalue weighted by Gasteiger charge is 2.24. The van der Waals surface area contributed by atoms with Crippen LogP contribution in [0.5, 0.6) is 5.75 Å². The minimum atomic E-state index is 0.0516. The summed E-state index contributed by atoms with van der Waals surface area (Å²) in [7, 11) is 0. The molecule has 21 heavy (non-hydrogen) atoms. The predicted molar refractivity (Wildman–Crippen MR) is 85.9 cm³/mol. The number of hydrogen-bond acceptors (Lipinski definition) is 4. The molecule has 1 aliphatic rings. The van der Waals surface area contributed by atoms with Crippen molar-refractivity contribution in [1.82, 2.24) is 4.90 Å². The van der Waals surface area contributed by atoms with Crippen LogP contribution in [0.2, 0.25) is 0 Å². The minimum absolute atomic E-state index is 0.0516. The predicted octanol–water partition coefficient (Wildman–Crippen LogP) is 3.24. The first kappa shape index (κ1) is 14.6. The van der Waals surface area contributed by atoms with Gasteiger partial charge in [-0.2, -0.15) is 0 Å². The highest BCUT2D eigenvalue weighted by atomic mass is 32.1. The van der Waals surface area contributed by atoms with E-state index < -0.39 is 0 Å². The fourth-order valence-corrected chi connectivity index (χ4v) is 3.83. The Bertz CT molecular complexity index is 579. The molecule has 0 amide bonds. The lowest BCUT2D eigenvalue weighted by molar-refractivity contribution is 0.191. The Morgan fingerprint density at radius 3 is 2.86 bits per heavy atom. The van der Waals surface area contributed by atoms with Crippen LogP contribution in [0.25, 0.3) is 0 Å². The highest BCUT2D eigenvalue weighted by molar-refractivity contribution is 7.10. The molecule has 0 aliphatic carbocycles. The molecular weight excluding hydrogens is 282 g/mol. The summed E-state index contributed by atoms with van der Waals surface area (Å²) in [5, 5.41) is 11.0. The maximum atomic E-state index is 8.76. The van der Waals surface area contributed by atoms with E-state index in [9.17, 15) is 0 Å². The number of fused-ring (bicyclic) bond motifs is 1. The van der Waals surface area contributed by atoms with Gasteiger partial charge in [-0.05, 0) is 48.1 Å². The molecule has 4 heteroatoms. The monoisotopic (exact) mass is 303 g/mol. The lowest BCUT2D eigenvalue weighted by atomic mass is 10.0. The first-order valence-corrected chi connectivity index (χ1v) is 8.29. The number of aliphatic hydroxyl groups is 1. The summed E-state index contributed by atoms with van der Waals surface area (Å²) in [4.78, 5) is 4.07. The Morgan fingerprint density at radius 2 is 2.10 bits per heavy atom. The van der Waals surface area contributed by atoms with Crippen LogP contribution in [0.1, 0.15) is 29.0 Å². The molecule has 3 nitrogen and oxygen atoms in total. The standard InChI is InChI=1S/C17H21NO2S/c1-13-16-7-11-21-17(16)6-8-18(13)12-14-2-4-15(5-3-14)20-10-9-19/h2-5,7,11,13,19H,6,8-10,12H2,1H3/t13-/m1/s1. The molecule has 0 saturated carbocycles. The van der Waals surface area contributed by atoms with Crippen molar-refractivity contribution in [3.63, 3.8) is 0 Å². The van der Waals surface area contributed by atoms with E-state index in [4.69, 9.17) is 9.84 Å². The van der Waals surface area contributed by atoms with Gasteiger partial charge in [-0.3, -0.25) is 4.90 Å². The van der Waals surface area contributed by atoms with E-state index in [-0.39, 0.29) is 6.61 Å². The van der Waals surface area contributed by atoms with Crippen molar-refractivity contribution < 1.29 is 9.84 Å². The lowest BCUT2D eigenvalue weighted by Crippen LogP contribution is -2.32. The average Bonchev–Trinajstić information content (AvgIpc) is 2.99. The van der Waals surface area contributed by atoms with Gasteiger partial charge < -0.3 is 9.84 Å². The molecule has 2 aromatic rings. The molecule has 1 aromatic heterocycles. The molecule has 0 unspecified atom stereocenters. The highest BCUT2D eigenvalue weighted by Crippen LogP contribution is 2.33. The van der Waals surface area contributed by atoms with Crippen LogP contribution in [0.4, 0.5) is 0 Å². The lowest BCUT2D eigenvalue weighted by Gasteiger charge is -2.33. The van der Waals surface area contributed by atoms with E-state index in [1.54, 1.807) is 4.88 Å². The van der Waals surface area contributed by atoms with Crippen LogP contribution in [0.15, 0.2) is 35.7 Å². The zero-order valence-corrected chi connectivity index (χ0v) is 13.1. The van der Waals surface area contributed by atoms with Crippen molar-refractivity contribution >= 4 is 11.3 Å². The topological polar surface area (TPSA) is 32.7 Å². The number of hydrogen-bond donors (Lipinski definition) is 1. The Balaban J connectivity index is 1.64. The first-order valence-electron chi connectivity index (χ1n) is 7.41. The van der Waals surface area contributed by atoms with Gasteiger partial charge in [-0.25, -0.2) is 0 Å². The van der Waals surface area contributed by atoms with Crippen LogP contribution in [0, 0.1) is 0 Å². The van der Waals surface area contributed by atoms with Crippen LogP contribution in [0.3, 0.4) is 0 Å². The number of thiophene rings is 1. The average molecular weight is 303 g/mol. The van der Waals surface area contributed by atoms with E-state index in [1.165, 1.54) is 11.1 Å². The molecule has 0 spiro atoms. The van der Waals surface area contributed by atoms with Crippen molar-refractivity contribution in [1.29, 1.82) is 0 Å². The van der Waals surface area contributed by atoms with Crippen LogP contribution >= 0.6 is 11.3 Å². The third-order valence-electron chi connectivity index (χ3n) is 4.07. The van der Waals surface area contributed by atoms with Crippen molar-refractivity contribution in [2.75, 3.05) is 19.8 Å². The second-order valence-electron chi connectivity index (χ2n) is 5.41. The van der Waals surface area contributed by atoms with Crippen molar-refractivity contribution in [2.45, 2.75) is 25.9 Å². The van der Waals surface area contributed by atoms with Crippen molar-refractivity contribution in [3.8, 4) is 5.75 Å². The largest absolute Gasteiger partial charge is 0.491 e. The normalized spacial score (nSPS) is 18.5. The molecular formula is C17H21NO2S. The van der Waals surface area contributed by atoms with E-state index >= 15 is 0 Å². The third kappa shape index (κ3) is 3.28. The molecule has 1 N–H and O–H groups in total. The van der Waals surface area contributed by atoms with E-state index in [2.05, 4.69) is 35.4 Å². The zero-order valence-electron chi connectivity index (χ0n) is 12.3. The van der Waals surface area contributed by atoms with Gasteiger partial charge in [0.15, 0.2) is 0 Å². The Morgan fingerprint density at radius 1 is 1.29 bits per heavy atom. The fourth-order valence-electron chi connectivity index (χ4n) is 2.87. The van der Waals surface area contributed by atoms with Gasteiger partial charge in [0.05, 0.1) is 6.61 Å². The molecule has 1 atom stereocenters. The first-order chi connectivity index (χ1) is 10.3. The molecule has 0 fully saturated rings.